The van der Waals surface area contributed by atoms with Crippen molar-refractivity contribution in [3.05, 3.63) is 53.6 Å². The summed E-state index contributed by atoms with van der Waals surface area (Å²) in [7, 11) is 0. The van der Waals surface area contributed by atoms with Crippen LogP contribution in [-0.4, -0.2) is 56.2 Å². The van der Waals surface area contributed by atoms with Crippen molar-refractivity contribution in [3.8, 4) is 11.6 Å². The van der Waals surface area contributed by atoms with Crippen molar-refractivity contribution >= 4 is 23.4 Å². The first-order valence-electron chi connectivity index (χ1n) is 12.2. The molecular formula is C25H26F3N7O3. The van der Waals surface area contributed by atoms with Crippen LogP contribution in [0.5, 0.6) is 11.6 Å². The van der Waals surface area contributed by atoms with E-state index < -0.39 is 24.0 Å². The number of halogens is 3. The fourth-order valence-electron chi connectivity index (χ4n) is 4.68. The average molecular weight is 530 g/mol. The lowest BCUT2D eigenvalue weighted by atomic mass is 9.99. The summed E-state index contributed by atoms with van der Waals surface area (Å²) >= 11 is 0. The van der Waals surface area contributed by atoms with Gasteiger partial charge in [-0.05, 0) is 44.4 Å². The van der Waals surface area contributed by atoms with Crippen LogP contribution in [0.3, 0.4) is 0 Å². The van der Waals surface area contributed by atoms with Crippen LogP contribution in [0.1, 0.15) is 37.2 Å². The largest absolute Gasteiger partial charge is 0.437 e. The molecule has 0 saturated heterocycles. The van der Waals surface area contributed by atoms with Crippen LogP contribution >= 0.6 is 0 Å². The molecule has 0 aliphatic carbocycles. The maximum atomic E-state index is 13.1. The third-order valence-corrected chi connectivity index (χ3v) is 6.42. The number of alkyl halides is 3. The fourth-order valence-corrected chi connectivity index (χ4v) is 4.68. The lowest BCUT2D eigenvalue weighted by molar-refractivity contribution is -0.141. The Bertz CT molecular complexity index is 1320. The summed E-state index contributed by atoms with van der Waals surface area (Å²) in [5.41, 5.74) is 1.29. The number of pyridine rings is 2. The molecule has 2 aliphatic heterocycles. The molecule has 2 N–H and O–H groups in total. The van der Waals surface area contributed by atoms with Gasteiger partial charge in [0.25, 0.3) is 5.91 Å². The zero-order valence-corrected chi connectivity index (χ0v) is 20.7. The number of aromatic nitrogens is 4. The number of hydrogen-bond acceptors (Lipinski definition) is 9. The molecule has 3 aromatic heterocycles. The van der Waals surface area contributed by atoms with Gasteiger partial charge in [0.1, 0.15) is 23.2 Å². The Balaban J connectivity index is 1.30. The number of ether oxygens (including phenoxy) is 1. The molecular weight excluding hydrogens is 503 g/mol. The monoisotopic (exact) mass is 529 g/mol. The number of hydrogen-bond donors (Lipinski definition) is 2. The molecule has 2 atom stereocenters. The Kier molecular flexibility index (Phi) is 6.78. The van der Waals surface area contributed by atoms with Crippen molar-refractivity contribution in [1.82, 2.24) is 19.9 Å². The lowest BCUT2D eigenvalue weighted by Crippen LogP contribution is -2.59. The average Bonchev–Trinajstić information content (AvgIpc) is 2.89. The topological polar surface area (TPSA) is 117 Å². The molecule has 10 nitrogen and oxygen atoms in total. The van der Waals surface area contributed by atoms with E-state index in [0.717, 1.165) is 29.9 Å². The zero-order chi connectivity index (χ0) is 27.0. The van der Waals surface area contributed by atoms with Crippen molar-refractivity contribution in [2.45, 2.75) is 51.6 Å². The van der Waals surface area contributed by atoms with Gasteiger partial charge in [0.2, 0.25) is 11.8 Å². The van der Waals surface area contributed by atoms with Crippen molar-refractivity contribution < 1.29 is 27.8 Å². The van der Waals surface area contributed by atoms with E-state index in [1.54, 1.807) is 30.2 Å². The molecule has 5 rings (SSSR count). The Labute approximate surface area is 216 Å². The molecule has 5 heterocycles. The first-order valence-corrected chi connectivity index (χ1v) is 12.2. The van der Waals surface area contributed by atoms with Gasteiger partial charge in [-0.15, -0.1) is 0 Å². The molecule has 0 fully saturated rings. The van der Waals surface area contributed by atoms with Crippen LogP contribution in [0.15, 0.2) is 36.7 Å². The smallest absolute Gasteiger partial charge is 0.433 e. The second kappa shape index (κ2) is 10.0. The number of anilines is 3. The van der Waals surface area contributed by atoms with Crippen molar-refractivity contribution in [2.24, 2.45) is 0 Å². The quantitative estimate of drug-likeness (QED) is 0.474. The molecule has 1 amide bonds. The van der Waals surface area contributed by atoms with Crippen LogP contribution < -0.4 is 19.9 Å². The van der Waals surface area contributed by atoms with E-state index in [4.69, 9.17) is 9.72 Å². The number of aliphatic hydroxyl groups excluding tert-OH is 1. The maximum absolute atomic E-state index is 13.1. The van der Waals surface area contributed by atoms with Gasteiger partial charge in [-0.3, -0.25) is 4.79 Å². The van der Waals surface area contributed by atoms with Gasteiger partial charge in [0.05, 0.1) is 18.0 Å². The third kappa shape index (κ3) is 4.93. The van der Waals surface area contributed by atoms with Crippen LogP contribution in [0.25, 0.3) is 0 Å². The number of amides is 1. The predicted octanol–water partition coefficient (Wildman–Crippen LogP) is 3.56. The highest BCUT2D eigenvalue weighted by atomic mass is 19.4. The fraction of sp³-hybridized carbons (Fsp3) is 0.400. The molecule has 3 aromatic rings. The van der Waals surface area contributed by atoms with E-state index in [9.17, 15) is 23.1 Å². The minimum Gasteiger partial charge on any atom is -0.437 e. The number of nitrogens with one attached hydrogen (secondary N) is 1. The number of aryl methyl sites for hydroxylation is 1. The highest BCUT2D eigenvalue weighted by molar-refractivity contribution is 6.06. The molecule has 0 spiro atoms. The second-order valence-corrected chi connectivity index (χ2v) is 9.07. The number of aliphatic hydroxyl groups is 1. The first-order chi connectivity index (χ1) is 18.2. The van der Waals surface area contributed by atoms with E-state index in [1.165, 1.54) is 6.07 Å². The van der Waals surface area contributed by atoms with Gasteiger partial charge in [-0.2, -0.15) is 18.2 Å². The number of rotatable bonds is 7. The van der Waals surface area contributed by atoms with Gasteiger partial charge in [-0.25, -0.2) is 15.0 Å². The number of likely N-dealkylation sites (N-methyl/N-ethyl adjacent to an activating group) is 1. The van der Waals surface area contributed by atoms with E-state index in [0.29, 0.717) is 43.5 Å². The van der Waals surface area contributed by atoms with E-state index in [2.05, 4.69) is 20.3 Å². The lowest BCUT2D eigenvalue weighted by Gasteiger charge is -2.44. The molecule has 38 heavy (non-hydrogen) atoms. The summed E-state index contributed by atoms with van der Waals surface area (Å²) in [5.74, 6) is 1.22. The molecule has 0 unspecified atom stereocenters. The number of carbonyl (C=O) groups is 1. The third-order valence-electron chi connectivity index (χ3n) is 6.42. The first kappa shape index (κ1) is 25.6. The minimum absolute atomic E-state index is 0.135. The summed E-state index contributed by atoms with van der Waals surface area (Å²) in [6, 6.07) is 4.68. The van der Waals surface area contributed by atoms with Gasteiger partial charge < -0.3 is 25.0 Å². The number of nitrogens with zero attached hydrogens (tertiary/aromatic N) is 6. The van der Waals surface area contributed by atoms with Gasteiger partial charge in [0, 0.05) is 31.9 Å². The Morgan fingerprint density at radius 1 is 1.18 bits per heavy atom. The van der Waals surface area contributed by atoms with Crippen molar-refractivity contribution in [3.63, 3.8) is 0 Å². The highest BCUT2D eigenvalue weighted by Gasteiger charge is 2.44. The van der Waals surface area contributed by atoms with Crippen LogP contribution in [0.2, 0.25) is 0 Å². The van der Waals surface area contributed by atoms with Crippen molar-refractivity contribution in [1.29, 1.82) is 0 Å². The van der Waals surface area contributed by atoms with Crippen LogP contribution in [-0.2, 0) is 23.9 Å². The molecule has 0 aromatic carbocycles. The molecule has 0 bridgehead atoms. The van der Waals surface area contributed by atoms with E-state index in [1.807, 2.05) is 11.8 Å². The highest BCUT2D eigenvalue weighted by Crippen LogP contribution is 2.41. The minimum atomic E-state index is -4.52. The summed E-state index contributed by atoms with van der Waals surface area (Å²) < 4.78 is 43.5. The van der Waals surface area contributed by atoms with Gasteiger partial charge in [-0.1, -0.05) is 6.07 Å². The molecule has 0 saturated carbocycles. The van der Waals surface area contributed by atoms with Crippen LogP contribution in [0.4, 0.5) is 30.6 Å². The Morgan fingerprint density at radius 2 is 2.00 bits per heavy atom. The van der Waals surface area contributed by atoms with E-state index in [-0.39, 0.29) is 17.5 Å². The zero-order valence-electron chi connectivity index (χ0n) is 20.7. The maximum Gasteiger partial charge on any atom is 0.433 e. The van der Waals surface area contributed by atoms with Crippen LogP contribution in [0, 0.1) is 0 Å². The summed E-state index contributed by atoms with van der Waals surface area (Å²) in [4.78, 5) is 33.6. The predicted molar refractivity (Wildman–Crippen MR) is 132 cm³/mol. The van der Waals surface area contributed by atoms with E-state index >= 15 is 0 Å². The summed E-state index contributed by atoms with van der Waals surface area (Å²) in [6.07, 6.45) is -1.33. The molecule has 200 valence electrons. The summed E-state index contributed by atoms with van der Waals surface area (Å²) in [6.45, 7) is 4.94. The molecule has 2 aliphatic rings. The molecule has 0 radical (unpaired) electrons. The Hall–Kier alpha value is -4.00. The molecule has 13 heteroatoms. The van der Waals surface area contributed by atoms with Gasteiger partial charge >= 0.3 is 6.18 Å². The van der Waals surface area contributed by atoms with Crippen molar-refractivity contribution in [2.75, 3.05) is 28.2 Å². The SMILES string of the molecule is CCN1c2nc(NCc3ccc(Oc4ccc(C(F)(F)F)nc4)nc3)nc3c2N(CCC3)C(=O)[C@@H]1[C@@H](C)O. The Morgan fingerprint density at radius 3 is 2.63 bits per heavy atom. The standard InChI is InChI=1S/C25H26F3N7O3/c1-3-34-20(14(2)36)23(37)35-10-4-5-17-21(35)22(34)33-24(32-17)31-12-15-6-9-19(30-11-15)38-16-7-8-18(29-13-16)25(26,27)28/h6-9,11,13-14,20,36H,3-5,10,12H2,1-2H3,(H,31,32,33)/t14-,20+/m1/s1. The van der Waals surface area contributed by atoms with Gasteiger partial charge in [0.15, 0.2) is 5.82 Å². The normalized spacial score (nSPS) is 17.7. The number of carbonyl (C=O) groups excluding carboxylic acids is 1. The second-order valence-electron chi connectivity index (χ2n) is 9.07. The summed E-state index contributed by atoms with van der Waals surface area (Å²) in [5, 5.41) is 13.5.